The van der Waals surface area contributed by atoms with E-state index in [1.54, 1.807) is 49.4 Å². The van der Waals surface area contributed by atoms with Crippen LogP contribution in [0.3, 0.4) is 0 Å². The number of hydrogen-bond acceptors (Lipinski definition) is 4. The lowest BCUT2D eigenvalue weighted by atomic mass is 10.1. The molecule has 3 aromatic carbocycles. The van der Waals surface area contributed by atoms with Crippen molar-refractivity contribution in [3.05, 3.63) is 94.7 Å². The Labute approximate surface area is 212 Å². The van der Waals surface area contributed by atoms with Crippen molar-refractivity contribution in [1.29, 1.82) is 0 Å². The summed E-state index contributed by atoms with van der Waals surface area (Å²) in [4.78, 5) is 27.3. The minimum atomic E-state index is -4.11. The molecule has 0 bridgehead atoms. The Morgan fingerprint density at radius 2 is 1.57 bits per heavy atom. The van der Waals surface area contributed by atoms with Gasteiger partial charge in [0.1, 0.15) is 18.4 Å². The molecule has 0 aliphatic carbocycles. The molecule has 0 fully saturated rings. The second-order valence-electron chi connectivity index (χ2n) is 7.74. The third kappa shape index (κ3) is 6.46. The van der Waals surface area contributed by atoms with Crippen LogP contribution in [-0.2, 0) is 26.2 Å². The smallest absolute Gasteiger partial charge is 0.264 e. The quantitative estimate of drug-likeness (QED) is 0.428. The van der Waals surface area contributed by atoms with Crippen LogP contribution in [0, 0.1) is 5.82 Å². The Bertz CT molecular complexity index is 1270. The fourth-order valence-corrected chi connectivity index (χ4v) is 5.13. The molecule has 1 atom stereocenters. The Kier molecular flexibility index (Phi) is 8.63. The molecule has 0 unspecified atom stereocenters. The summed E-state index contributed by atoms with van der Waals surface area (Å²) in [6, 6.07) is 19.0. The van der Waals surface area contributed by atoms with Crippen LogP contribution in [0.25, 0.3) is 0 Å². The van der Waals surface area contributed by atoms with Crippen LogP contribution in [0.4, 0.5) is 10.1 Å². The van der Waals surface area contributed by atoms with Crippen molar-refractivity contribution >= 4 is 43.5 Å². The van der Waals surface area contributed by atoms with Crippen molar-refractivity contribution in [3.63, 3.8) is 0 Å². The van der Waals surface area contributed by atoms with E-state index >= 15 is 0 Å². The first kappa shape index (κ1) is 26.4. The number of carbonyl (C=O) groups excluding carboxylic acids is 2. The van der Waals surface area contributed by atoms with Gasteiger partial charge in [0.15, 0.2) is 0 Å². The van der Waals surface area contributed by atoms with Crippen LogP contribution in [-0.4, -0.2) is 44.8 Å². The molecule has 0 heterocycles. The summed E-state index contributed by atoms with van der Waals surface area (Å²) in [5, 5.41) is 2.51. The number of hydrogen-bond donors (Lipinski definition) is 1. The number of anilines is 1. The van der Waals surface area contributed by atoms with Gasteiger partial charge in [-0.05, 0) is 61.0 Å². The summed E-state index contributed by atoms with van der Waals surface area (Å²) >= 11 is 3.33. The van der Waals surface area contributed by atoms with E-state index in [0.29, 0.717) is 11.3 Å². The highest BCUT2D eigenvalue weighted by molar-refractivity contribution is 9.10. The molecule has 1 N–H and O–H groups in total. The number of amides is 2. The number of likely N-dealkylation sites (N-methyl/N-ethyl adjacent to an activating group) is 1. The third-order valence-electron chi connectivity index (χ3n) is 5.40. The molecule has 0 spiro atoms. The van der Waals surface area contributed by atoms with Gasteiger partial charge in [0.25, 0.3) is 10.0 Å². The van der Waals surface area contributed by atoms with Gasteiger partial charge >= 0.3 is 0 Å². The largest absolute Gasteiger partial charge is 0.357 e. The van der Waals surface area contributed by atoms with Crippen molar-refractivity contribution < 1.29 is 22.4 Å². The van der Waals surface area contributed by atoms with Crippen LogP contribution in [0.1, 0.15) is 12.5 Å². The van der Waals surface area contributed by atoms with Crippen molar-refractivity contribution in [2.75, 3.05) is 17.9 Å². The SMILES string of the molecule is CNC(=O)[C@@H](C)N(Cc1ccc(F)cc1)C(=O)CN(c1ccc(Br)cc1)S(=O)(=O)c1ccccc1. The van der Waals surface area contributed by atoms with E-state index in [-0.39, 0.29) is 11.4 Å². The molecule has 0 aliphatic rings. The number of sulfonamides is 1. The zero-order valence-corrected chi connectivity index (χ0v) is 21.6. The van der Waals surface area contributed by atoms with Gasteiger partial charge in [-0.3, -0.25) is 13.9 Å². The third-order valence-corrected chi connectivity index (χ3v) is 7.72. The fourth-order valence-electron chi connectivity index (χ4n) is 3.43. The summed E-state index contributed by atoms with van der Waals surface area (Å²) in [5.74, 6) is -1.43. The Balaban J connectivity index is 2.00. The number of carbonyl (C=O) groups is 2. The standard InChI is InChI=1S/C25H25BrFN3O4S/c1-18(25(32)28-2)29(16-19-8-12-21(27)13-9-19)24(31)17-30(22-14-10-20(26)11-15-22)35(33,34)23-6-4-3-5-7-23/h3-15,18H,16-17H2,1-2H3,(H,28,32)/t18-/m1/s1. The number of rotatable bonds is 9. The Morgan fingerprint density at radius 1 is 0.971 bits per heavy atom. The van der Waals surface area contributed by atoms with Gasteiger partial charge in [-0.2, -0.15) is 0 Å². The van der Waals surface area contributed by atoms with Crippen LogP contribution < -0.4 is 9.62 Å². The number of nitrogens with zero attached hydrogens (tertiary/aromatic N) is 2. The molecule has 0 aliphatic heterocycles. The Morgan fingerprint density at radius 3 is 2.14 bits per heavy atom. The average molecular weight is 562 g/mol. The number of nitrogens with one attached hydrogen (secondary N) is 1. The van der Waals surface area contributed by atoms with E-state index < -0.39 is 40.2 Å². The van der Waals surface area contributed by atoms with Crippen LogP contribution in [0.2, 0.25) is 0 Å². The van der Waals surface area contributed by atoms with E-state index in [0.717, 1.165) is 8.78 Å². The first-order chi connectivity index (χ1) is 16.6. The predicted octanol–water partition coefficient (Wildman–Crippen LogP) is 3.95. The number of benzene rings is 3. The molecule has 0 saturated heterocycles. The van der Waals surface area contributed by atoms with Gasteiger partial charge in [0, 0.05) is 18.1 Å². The molecular formula is C25H25BrFN3O4S. The zero-order chi connectivity index (χ0) is 25.6. The first-order valence-corrected chi connectivity index (χ1v) is 13.0. The molecule has 3 aromatic rings. The highest BCUT2D eigenvalue weighted by Gasteiger charge is 2.32. The van der Waals surface area contributed by atoms with Crippen LogP contribution in [0.5, 0.6) is 0 Å². The lowest BCUT2D eigenvalue weighted by Gasteiger charge is -2.31. The maximum absolute atomic E-state index is 13.6. The van der Waals surface area contributed by atoms with Crippen molar-refractivity contribution in [2.24, 2.45) is 0 Å². The van der Waals surface area contributed by atoms with E-state index in [1.165, 1.54) is 48.3 Å². The maximum Gasteiger partial charge on any atom is 0.264 e. The molecule has 2 amide bonds. The van der Waals surface area contributed by atoms with Crippen molar-refractivity contribution in [2.45, 2.75) is 24.4 Å². The molecule has 10 heteroatoms. The van der Waals surface area contributed by atoms with Gasteiger partial charge < -0.3 is 10.2 Å². The summed E-state index contributed by atoms with van der Waals surface area (Å²) in [6.07, 6.45) is 0. The van der Waals surface area contributed by atoms with E-state index in [4.69, 9.17) is 0 Å². The summed E-state index contributed by atoms with van der Waals surface area (Å²) in [5.41, 5.74) is 0.886. The second kappa shape index (κ2) is 11.5. The first-order valence-electron chi connectivity index (χ1n) is 10.7. The maximum atomic E-state index is 13.6. The minimum absolute atomic E-state index is 0.00668. The second-order valence-corrected chi connectivity index (χ2v) is 10.5. The predicted molar refractivity (Wildman–Crippen MR) is 136 cm³/mol. The highest BCUT2D eigenvalue weighted by Crippen LogP contribution is 2.26. The molecule has 0 radical (unpaired) electrons. The molecule has 184 valence electrons. The molecule has 3 rings (SSSR count). The Hall–Kier alpha value is -3.24. The lowest BCUT2D eigenvalue weighted by molar-refractivity contribution is -0.139. The van der Waals surface area contributed by atoms with Gasteiger partial charge in [0.2, 0.25) is 11.8 Å². The summed E-state index contributed by atoms with van der Waals surface area (Å²) in [6.45, 7) is 1.00. The van der Waals surface area contributed by atoms with E-state index in [1.807, 2.05) is 0 Å². The van der Waals surface area contributed by atoms with Gasteiger partial charge in [-0.25, -0.2) is 12.8 Å². The monoisotopic (exact) mass is 561 g/mol. The topological polar surface area (TPSA) is 86.8 Å². The number of halogens is 2. The summed E-state index contributed by atoms with van der Waals surface area (Å²) < 4.78 is 42.3. The normalized spacial score (nSPS) is 12.0. The lowest BCUT2D eigenvalue weighted by Crippen LogP contribution is -2.50. The van der Waals surface area contributed by atoms with Crippen LogP contribution in [0.15, 0.2) is 88.2 Å². The molecule has 7 nitrogen and oxygen atoms in total. The van der Waals surface area contributed by atoms with Gasteiger partial charge in [-0.15, -0.1) is 0 Å². The van der Waals surface area contributed by atoms with E-state index in [2.05, 4.69) is 21.2 Å². The summed E-state index contributed by atoms with van der Waals surface area (Å²) in [7, 11) is -2.65. The van der Waals surface area contributed by atoms with Crippen molar-refractivity contribution in [3.8, 4) is 0 Å². The molecule has 0 saturated carbocycles. The van der Waals surface area contributed by atoms with Crippen LogP contribution >= 0.6 is 15.9 Å². The fraction of sp³-hybridized carbons (Fsp3) is 0.200. The van der Waals surface area contributed by atoms with Gasteiger partial charge in [-0.1, -0.05) is 46.3 Å². The minimum Gasteiger partial charge on any atom is -0.357 e. The van der Waals surface area contributed by atoms with E-state index in [9.17, 15) is 22.4 Å². The average Bonchev–Trinajstić information content (AvgIpc) is 2.87. The molecular weight excluding hydrogens is 537 g/mol. The zero-order valence-electron chi connectivity index (χ0n) is 19.2. The van der Waals surface area contributed by atoms with Crippen molar-refractivity contribution in [1.82, 2.24) is 10.2 Å². The van der Waals surface area contributed by atoms with Gasteiger partial charge in [0.05, 0.1) is 10.6 Å². The molecule has 0 aromatic heterocycles. The highest BCUT2D eigenvalue weighted by atomic mass is 79.9. The molecule has 35 heavy (non-hydrogen) atoms.